The maximum atomic E-state index is 12.5. The van der Waals surface area contributed by atoms with E-state index in [0.29, 0.717) is 21.9 Å². The van der Waals surface area contributed by atoms with E-state index in [4.69, 9.17) is 9.47 Å². The molecule has 0 aromatic carbocycles. The van der Waals surface area contributed by atoms with Gasteiger partial charge in [-0.3, -0.25) is 4.79 Å². The molecular weight excluding hydrogens is 360 g/mol. The number of Topliss-reactive ketones (excluding diaryl/α,β-unsaturated/α-hetero) is 1. The van der Waals surface area contributed by atoms with Crippen molar-refractivity contribution in [2.24, 2.45) is 5.92 Å². The van der Waals surface area contributed by atoms with Crippen LogP contribution in [0.15, 0.2) is 15.8 Å². The Bertz CT molecular complexity index is 559. The van der Waals surface area contributed by atoms with Gasteiger partial charge < -0.3 is 14.6 Å². The molecule has 0 spiro atoms. The minimum atomic E-state index is -0.594. The second-order valence-electron chi connectivity index (χ2n) is 5.10. The van der Waals surface area contributed by atoms with Crippen LogP contribution in [-0.4, -0.2) is 58.6 Å². The number of ether oxygens (including phenoxy) is 2. The minimum Gasteiger partial charge on any atom is -0.388 e. The first-order valence-electron chi connectivity index (χ1n) is 6.61. The highest BCUT2D eigenvalue weighted by Gasteiger charge is 2.47. The quantitative estimate of drug-likeness (QED) is 0.483. The van der Waals surface area contributed by atoms with Gasteiger partial charge in [-0.1, -0.05) is 11.8 Å². The van der Waals surface area contributed by atoms with E-state index in [1.807, 2.05) is 6.26 Å². The number of thioether (sulfide) groups is 1. The third-order valence-corrected chi connectivity index (χ3v) is 4.89. The van der Waals surface area contributed by atoms with Crippen LogP contribution in [0.2, 0.25) is 0 Å². The SMILES string of the molecule is CSc1ncc(Br)c(C(=O)C[C@H]2CO[C@H]3[C@@H]2OC[C@@H]3O)n1. The number of halogens is 1. The second kappa shape index (κ2) is 6.29. The molecule has 2 saturated heterocycles. The highest BCUT2D eigenvalue weighted by Crippen LogP contribution is 2.34. The van der Waals surface area contributed by atoms with Crippen molar-refractivity contribution in [3.05, 3.63) is 16.4 Å². The molecule has 0 aliphatic carbocycles. The van der Waals surface area contributed by atoms with Gasteiger partial charge in [0.05, 0.1) is 23.8 Å². The molecule has 1 aromatic rings. The molecule has 1 aromatic heterocycles. The van der Waals surface area contributed by atoms with Gasteiger partial charge in [0.1, 0.15) is 17.9 Å². The molecule has 2 aliphatic heterocycles. The summed E-state index contributed by atoms with van der Waals surface area (Å²) < 4.78 is 11.7. The van der Waals surface area contributed by atoms with E-state index < -0.39 is 6.10 Å². The first-order valence-corrected chi connectivity index (χ1v) is 8.63. The normalized spacial score (nSPS) is 31.4. The summed E-state index contributed by atoms with van der Waals surface area (Å²) in [5, 5.41) is 10.3. The van der Waals surface area contributed by atoms with Crippen molar-refractivity contribution in [2.75, 3.05) is 19.5 Å². The Hall–Kier alpha value is -0.540. The second-order valence-corrected chi connectivity index (χ2v) is 6.73. The lowest BCUT2D eigenvalue weighted by molar-refractivity contribution is 0.0167. The van der Waals surface area contributed by atoms with E-state index in [9.17, 15) is 9.90 Å². The van der Waals surface area contributed by atoms with Gasteiger partial charge in [-0.25, -0.2) is 9.97 Å². The molecule has 21 heavy (non-hydrogen) atoms. The van der Waals surface area contributed by atoms with E-state index in [2.05, 4.69) is 25.9 Å². The molecule has 4 atom stereocenters. The van der Waals surface area contributed by atoms with E-state index in [0.717, 1.165) is 0 Å². The standard InChI is InChI=1S/C13H15BrN2O4S/c1-21-13-15-3-7(14)10(16-13)8(17)2-6-4-19-12-9(18)5-20-11(6)12/h3,6,9,11-12,18H,2,4-5H2,1H3/t6-,9-,11+,12+/m0/s1. The predicted octanol–water partition coefficient (Wildman–Crippen LogP) is 1.31. The smallest absolute Gasteiger partial charge is 0.187 e. The topological polar surface area (TPSA) is 81.5 Å². The molecule has 0 bridgehead atoms. The molecule has 6 nitrogen and oxygen atoms in total. The Morgan fingerprint density at radius 1 is 1.48 bits per heavy atom. The Balaban J connectivity index is 1.72. The molecule has 0 amide bonds. The van der Waals surface area contributed by atoms with Crippen LogP contribution >= 0.6 is 27.7 Å². The first kappa shape index (κ1) is 15.4. The number of nitrogens with zero attached hydrogens (tertiary/aromatic N) is 2. The highest BCUT2D eigenvalue weighted by atomic mass is 79.9. The van der Waals surface area contributed by atoms with Crippen LogP contribution < -0.4 is 0 Å². The number of hydrogen-bond donors (Lipinski definition) is 1. The maximum absolute atomic E-state index is 12.5. The van der Waals surface area contributed by atoms with Crippen LogP contribution in [0, 0.1) is 5.92 Å². The summed E-state index contributed by atoms with van der Waals surface area (Å²) in [6.45, 7) is 0.698. The fourth-order valence-electron chi connectivity index (χ4n) is 2.71. The van der Waals surface area contributed by atoms with Gasteiger partial charge in [-0.15, -0.1) is 0 Å². The summed E-state index contributed by atoms with van der Waals surface area (Å²) in [5.41, 5.74) is 0.386. The van der Waals surface area contributed by atoms with Gasteiger partial charge in [-0.05, 0) is 22.2 Å². The lowest BCUT2D eigenvalue weighted by atomic mass is 9.95. The van der Waals surface area contributed by atoms with E-state index in [1.54, 1.807) is 6.20 Å². The monoisotopic (exact) mass is 374 g/mol. The average molecular weight is 375 g/mol. The fraction of sp³-hybridized carbons (Fsp3) is 0.615. The number of carbonyl (C=O) groups excluding carboxylic acids is 1. The number of fused-ring (bicyclic) bond motifs is 1. The third-order valence-electron chi connectivity index (χ3n) is 3.75. The molecule has 0 saturated carbocycles. The highest BCUT2D eigenvalue weighted by molar-refractivity contribution is 9.10. The number of aliphatic hydroxyl groups excluding tert-OH is 1. The van der Waals surface area contributed by atoms with E-state index >= 15 is 0 Å². The van der Waals surface area contributed by atoms with Crippen molar-refractivity contribution in [1.29, 1.82) is 0 Å². The Labute approximate surface area is 134 Å². The van der Waals surface area contributed by atoms with Crippen LogP contribution in [0.1, 0.15) is 16.9 Å². The predicted molar refractivity (Wildman–Crippen MR) is 79.4 cm³/mol. The lowest BCUT2D eigenvalue weighted by Crippen LogP contribution is -2.29. The van der Waals surface area contributed by atoms with Crippen LogP contribution in [0.3, 0.4) is 0 Å². The van der Waals surface area contributed by atoms with Crippen LogP contribution in [0.4, 0.5) is 0 Å². The zero-order valence-corrected chi connectivity index (χ0v) is 13.8. The largest absolute Gasteiger partial charge is 0.388 e. The summed E-state index contributed by atoms with van der Waals surface area (Å²) in [7, 11) is 0. The summed E-state index contributed by atoms with van der Waals surface area (Å²) in [6, 6.07) is 0. The molecule has 2 aliphatic rings. The molecule has 1 N–H and O–H groups in total. The van der Waals surface area contributed by atoms with Crippen molar-refractivity contribution in [3.63, 3.8) is 0 Å². The number of hydrogen-bond acceptors (Lipinski definition) is 7. The summed E-state index contributed by atoms with van der Waals surface area (Å²) >= 11 is 4.71. The summed E-state index contributed by atoms with van der Waals surface area (Å²) in [4.78, 5) is 20.8. The Morgan fingerprint density at radius 2 is 2.24 bits per heavy atom. The molecule has 2 fully saturated rings. The number of aliphatic hydroxyl groups is 1. The molecule has 8 heteroatoms. The Kier molecular flexibility index (Phi) is 4.60. The average Bonchev–Trinajstić information content (AvgIpc) is 3.04. The van der Waals surface area contributed by atoms with Gasteiger partial charge >= 0.3 is 0 Å². The molecule has 0 unspecified atom stereocenters. The van der Waals surface area contributed by atoms with Gasteiger partial charge in [0.2, 0.25) is 0 Å². The van der Waals surface area contributed by atoms with E-state index in [-0.39, 0.29) is 36.9 Å². The number of ketones is 1. The molecule has 3 heterocycles. The summed E-state index contributed by atoms with van der Waals surface area (Å²) in [5.74, 6) is -0.113. The van der Waals surface area contributed by atoms with Crippen LogP contribution in [-0.2, 0) is 9.47 Å². The van der Waals surface area contributed by atoms with Gasteiger partial charge in [0.15, 0.2) is 10.9 Å². The van der Waals surface area contributed by atoms with Crippen LogP contribution in [0.25, 0.3) is 0 Å². The van der Waals surface area contributed by atoms with Crippen molar-refractivity contribution < 1.29 is 19.4 Å². The Morgan fingerprint density at radius 3 is 3.00 bits per heavy atom. The number of rotatable bonds is 4. The minimum absolute atomic E-state index is 0.0424. The zero-order valence-electron chi connectivity index (χ0n) is 11.4. The van der Waals surface area contributed by atoms with Crippen molar-refractivity contribution >= 4 is 33.5 Å². The molecule has 3 rings (SSSR count). The van der Waals surface area contributed by atoms with Gasteiger partial charge in [0.25, 0.3) is 0 Å². The number of carbonyl (C=O) groups is 1. The number of aromatic nitrogens is 2. The van der Waals surface area contributed by atoms with Gasteiger partial charge in [-0.2, -0.15) is 0 Å². The molecule has 114 valence electrons. The molecular formula is C13H15BrN2O4S. The maximum Gasteiger partial charge on any atom is 0.187 e. The zero-order chi connectivity index (χ0) is 15.0. The summed E-state index contributed by atoms with van der Waals surface area (Å²) in [6.07, 6.45) is 2.64. The van der Waals surface area contributed by atoms with Crippen molar-refractivity contribution in [2.45, 2.75) is 29.9 Å². The van der Waals surface area contributed by atoms with Crippen molar-refractivity contribution in [3.8, 4) is 0 Å². The van der Waals surface area contributed by atoms with Gasteiger partial charge in [0, 0.05) is 18.5 Å². The lowest BCUT2D eigenvalue weighted by Gasteiger charge is -2.15. The van der Waals surface area contributed by atoms with Crippen molar-refractivity contribution in [1.82, 2.24) is 9.97 Å². The fourth-order valence-corrected chi connectivity index (χ4v) is 3.47. The molecule has 0 radical (unpaired) electrons. The van der Waals surface area contributed by atoms with E-state index in [1.165, 1.54) is 11.8 Å². The first-order chi connectivity index (χ1) is 10.1. The van der Waals surface area contributed by atoms with Crippen LogP contribution in [0.5, 0.6) is 0 Å². The third kappa shape index (κ3) is 3.00.